The summed E-state index contributed by atoms with van der Waals surface area (Å²) >= 11 is 0. The molecule has 1 aromatic carbocycles. The van der Waals surface area contributed by atoms with Crippen molar-refractivity contribution in [2.75, 3.05) is 26.2 Å². The van der Waals surface area contributed by atoms with Gasteiger partial charge in [0, 0.05) is 26.2 Å². The number of benzene rings is 1. The highest BCUT2D eigenvalue weighted by molar-refractivity contribution is 5.97. The predicted molar refractivity (Wildman–Crippen MR) is 61.9 cm³/mol. The molecule has 1 fully saturated rings. The minimum Gasteiger partial charge on any atom is -0.507 e. The van der Waals surface area contributed by atoms with Gasteiger partial charge in [-0.15, -0.1) is 0 Å². The van der Waals surface area contributed by atoms with E-state index in [4.69, 9.17) is 0 Å². The average molecular weight is 274 g/mol. The highest BCUT2D eigenvalue weighted by Crippen LogP contribution is 2.32. The van der Waals surface area contributed by atoms with Crippen LogP contribution < -0.4 is 5.32 Å². The van der Waals surface area contributed by atoms with Crippen molar-refractivity contribution in [3.63, 3.8) is 0 Å². The van der Waals surface area contributed by atoms with Gasteiger partial charge in [0.25, 0.3) is 5.91 Å². The summed E-state index contributed by atoms with van der Waals surface area (Å²) in [6.45, 7) is 2.21. The number of alkyl halides is 3. The summed E-state index contributed by atoms with van der Waals surface area (Å²) in [5, 5.41) is 12.7. The first kappa shape index (κ1) is 13.7. The Kier molecular flexibility index (Phi) is 3.66. The maximum absolute atomic E-state index is 12.4. The van der Waals surface area contributed by atoms with Crippen molar-refractivity contribution in [1.82, 2.24) is 10.2 Å². The zero-order chi connectivity index (χ0) is 14.0. The van der Waals surface area contributed by atoms with Gasteiger partial charge in [0.05, 0.1) is 11.1 Å². The lowest BCUT2D eigenvalue weighted by molar-refractivity contribution is -0.137. The molecule has 0 unspecified atom stereocenters. The number of nitrogens with one attached hydrogen (secondary N) is 1. The summed E-state index contributed by atoms with van der Waals surface area (Å²) in [5.74, 6) is -1.09. The molecule has 1 heterocycles. The molecule has 0 aromatic heterocycles. The van der Waals surface area contributed by atoms with Crippen LogP contribution in [0.15, 0.2) is 18.2 Å². The van der Waals surface area contributed by atoms with Crippen LogP contribution in [0, 0.1) is 0 Å². The standard InChI is InChI=1S/C12H13F3N2O2/c13-12(14,15)8-1-2-9(10(18)7-8)11(19)17-5-3-16-4-6-17/h1-2,7,16,18H,3-6H2. The number of phenolic OH excluding ortho intramolecular Hbond substituents is 1. The minimum absolute atomic E-state index is 0.102. The Bertz CT molecular complexity index is 482. The first-order valence-corrected chi connectivity index (χ1v) is 5.80. The number of hydrogen-bond donors (Lipinski definition) is 2. The molecule has 1 amide bonds. The fraction of sp³-hybridized carbons (Fsp3) is 0.417. The van der Waals surface area contributed by atoms with Crippen LogP contribution in [-0.2, 0) is 6.18 Å². The van der Waals surface area contributed by atoms with E-state index in [-0.39, 0.29) is 5.56 Å². The molecule has 0 bridgehead atoms. The largest absolute Gasteiger partial charge is 0.507 e. The van der Waals surface area contributed by atoms with E-state index in [1.165, 1.54) is 4.90 Å². The van der Waals surface area contributed by atoms with Gasteiger partial charge in [-0.05, 0) is 18.2 Å². The molecule has 1 saturated heterocycles. The number of aromatic hydroxyl groups is 1. The number of phenols is 1. The van der Waals surface area contributed by atoms with E-state index in [9.17, 15) is 23.1 Å². The van der Waals surface area contributed by atoms with E-state index in [1.54, 1.807) is 0 Å². The SMILES string of the molecule is O=C(c1ccc(C(F)(F)F)cc1O)N1CCNCC1. The molecule has 2 N–H and O–H groups in total. The third-order valence-electron chi connectivity index (χ3n) is 2.96. The molecule has 104 valence electrons. The van der Waals surface area contributed by atoms with Crippen molar-refractivity contribution in [2.45, 2.75) is 6.18 Å². The number of halogens is 3. The number of amides is 1. The molecule has 0 radical (unpaired) electrons. The topological polar surface area (TPSA) is 52.6 Å². The minimum atomic E-state index is -4.53. The van der Waals surface area contributed by atoms with Crippen molar-refractivity contribution in [3.8, 4) is 5.75 Å². The molecule has 0 aliphatic carbocycles. The fourth-order valence-corrected chi connectivity index (χ4v) is 1.93. The van der Waals surface area contributed by atoms with Crippen LogP contribution in [-0.4, -0.2) is 42.1 Å². The van der Waals surface area contributed by atoms with Gasteiger partial charge in [0.1, 0.15) is 5.75 Å². The Hall–Kier alpha value is -1.76. The van der Waals surface area contributed by atoms with Gasteiger partial charge in [-0.3, -0.25) is 4.79 Å². The van der Waals surface area contributed by atoms with E-state index in [0.29, 0.717) is 32.2 Å². The normalized spacial score (nSPS) is 16.5. The number of carbonyl (C=O) groups is 1. The maximum Gasteiger partial charge on any atom is 0.416 e. The summed E-state index contributed by atoms with van der Waals surface area (Å²) in [4.78, 5) is 13.5. The van der Waals surface area contributed by atoms with Crippen molar-refractivity contribution in [3.05, 3.63) is 29.3 Å². The molecular weight excluding hydrogens is 261 g/mol. The number of hydrogen-bond acceptors (Lipinski definition) is 3. The first-order chi connectivity index (χ1) is 8.89. The Labute approximate surface area is 107 Å². The monoisotopic (exact) mass is 274 g/mol. The van der Waals surface area contributed by atoms with E-state index in [2.05, 4.69) is 5.32 Å². The Morgan fingerprint density at radius 1 is 1.26 bits per heavy atom. The van der Waals surface area contributed by atoms with Gasteiger partial charge in [0.2, 0.25) is 0 Å². The number of carbonyl (C=O) groups excluding carboxylic acids is 1. The Balaban J connectivity index is 2.23. The van der Waals surface area contributed by atoms with Crippen molar-refractivity contribution in [1.29, 1.82) is 0 Å². The van der Waals surface area contributed by atoms with Gasteiger partial charge in [-0.1, -0.05) is 0 Å². The van der Waals surface area contributed by atoms with E-state index in [1.807, 2.05) is 0 Å². The fourth-order valence-electron chi connectivity index (χ4n) is 1.93. The summed E-state index contributed by atoms with van der Waals surface area (Å²) < 4.78 is 37.3. The van der Waals surface area contributed by atoms with Crippen LogP contribution in [0.4, 0.5) is 13.2 Å². The lowest BCUT2D eigenvalue weighted by Crippen LogP contribution is -2.46. The molecule has 0 saturated carbocycles. The predicted octanol–water partition coefficient (Wildman–Crippen LogP) is 1.46. The molecule has 0 spiro atoms. The third kappa shape index (κ3) is 2.98. The van der Waals surface area contributed by atoms with Gasteiger partial charge in [-0.25, -0.2) is 0 Å². The second-order valence-corrected chi connectivity index (χ2v) is 4.27. The van der Waals surface area contributed by atoms with Gasteiger partial charge < -0.3 is 15.3 Å². The molecule has 1 aromatic rings. The second-order valence-electron chi connectivity index (χ2n) is 4.27. The molecule has 19 heavy (non-hydrogen) atoms. The van der Waals surface area contributed by atoms with Crippen LogP contribution in [0.1, 0.15) is 15.9 Å². The zero-order valence-electron chi connectivity index (χ0n) is 10.00. The molecule has 1 aliphatic rings. The lowest BCUT2D eigenvalue weighted by atomic mass is 10.1. The quantitative estimate of drug-likeness (QED) is 0.815. The summed E-state index contributed by atoms with van der Waals surface area (Å²) in [7, 11) is 0. The van der Waals surface area contributed by atoms with Gasteiger partial charge in [-0.2, -0.15) is 13.2 Å². The Morgan fingerprint density at radius 3 is 2.42 bits per heavy atom. The summed E-state index contributed by atoms with van der Waals surface area (Å²) in [5.41, 5.74) is -1.07. The van der Waals surface area contributed by atoms with E-state index in [0.717, 1.165) is 12.1 Å². The molecule has 1 aliphatic heterocycles. The van der Waals surface area contributed by atoms with Crippen LogP contribution in [0.5, 0.6) is 5.75 Å². The number of nitrogens with zero attached hydrogens (tertiary/aromatic N) is 1. The van der Waals surface area contributed by atoms with Crippen molar-refractivity contribution in [2.24, 2.45) is 0 Å². The van der Waals surface area contributed by atoms with Crippen LogP contribution >= 0.6 is 0 Å². The van der Waals surface area contributed by atoms with E-state index < -0.39 is 23.4 Å². The molecule has 0 atom stereocenters. The highest BCUT2D eigenvalue weighted by atomic mass is 19.4. The average Bonchev–Trinajstić information content (AvgIpc) is 2.38. The number of rotatable bonds is 1. The van der Waals surface area contributed by atoms with Gasteiger partial charge in [0.15, 0.2) is 0 Å². The summed E-state index contributed by atoms with van der Waals surface area (Å²) in [6.07, 6.45) is -4.53. The van der Waals surface area contributed by atoms with Gasteiger partial charge >= 0.3 is 6.18 Å². The Morgan fingerprint density at radius 2 is 1.89 bits per heavy atom. The summed E-state index contributed by atoms with van der Waals surface area (Å²) in [6, 6.07) is 2.40. The molecule has 7 heteroatoms. The molecule has 4 nitrogen and oxygen atoms in total. The number of piperazine rings is 1. The third-order valence-corrected chi connectivity index (χ3v) is 2.96. The molecular formula is C12H13F3N2O2. The lowest BCUT2D eigenvalue weighted by Gasteiger charge is -2.27. The smallest absolute Gasteiger partial charge is 0.416 e. The van der Waals surface area contributed by atoms with Crippen molar-refractivity contribution < 1.29 is 23.1 Å². The van der Waals surface area contributed by atoms with Crippen molar-refractivity contribution >= 4 is 5.91 Å². The van der Waals surface area contributed by atoms with Crippen LogP contribution in [0.3, 0.4) is 0 Å². The molecule has 2 rings (SSSR count). The van der Waals surface area contributed by atoms with Crippen LogP contribution in [0.2, 0.25) is 0 Å². The highest BCUT2D eigenvalue weighted by Gasteiger charge is 2.32. The first-order valence-electron chi connectivity index (χ1n) is 5.80. The second kappa shape index (κ2) is 5.08. The zero-order valence-corrected chi connectivity index (χ0v) is 10.00. The van der Waals surface area contributed by atoms with Crippen LogP contribution in [0.25, 0.3) is 0 Å². The van der Waals surface area contributed by atoms with E-state index >= 15 is 0 Å². The maximum atomic E-state index is 12.4.